The maximum Gasteiger partial charge on any atom is 0.266 e. The number of hydrogen-bond acceptors (Lipinski definition) is 5. The summed E-state index contributed by atoms with van der Waals surface area (Å²) in [6, 6.07) is 9.47. The number of methoxy groups -OCH3 is 1. The average Bonchev–Trinajstić information content (AvgIpc) is 3.12. The molecule has 0 N–H and O–H groups in total. The van der Waals surface area contributed by atoms with Crippen LogP contribution in [0.5, 0.6) is 5.75 Å². The van der Waals surface area contributed by atoms with Gasteiger partial charge in [0.05, 0.1) is 17.7 Å². The number of amidine groups is 1. The fraction of sp³-hybridized carbons (Fsp3) is 0.176. The van der Waals surface area contributed by atoms with Crippen molar-refractivity contribution in [3.05, 3.63) is 50.0 Å². The van der Waals surface area contributed by atoms with Gasteiger partial charge in [0.15, 0.2) is 5.17 Å². The van der Waals surface area contributed by atoms with Gasteiger partial charge in [0.2, 0.25) is 0 Å². The minimum atomic E-state index is -0.000663. The van der Waals surface area contributed by atoms with E-state index < -0.39 is 0 Å². The van der Waals surface area contributed by atoms with Crippen LogP contribution in [0.25, 0.3) is 6.08 Å². The number of rotatable bonds is 4. The molecule has 24 heavy (non-hydrogen) atoms. The number of halogens is 1. The van der Waals surface area contributed by atoms with Crippen molar-refractivity contribution in [3.8, 4) is 5.75 Å². The number of nitrogens with zero attached hydrogens (tertiary/aromatic N) is 2. The van der Waals surface area contributed by atoms with Gasteiger partial charge in [0.1, 0.15) is 5.75 Å². The van der Waals surface area contributed by atoms with Crippen LogP contribution in [0.2, 0.25) is 0 Å². The summed E-state index contributed by atoms with van der Waals surface area (Å²) < 4.78 is 6.18. The summed E-state index contributed by atoms with van der Waals surface area (Å²) in [6.07, 6.45) is 1.92. The van der Waals surface area contributed by atoms with E-state index >= 15 is 0 Å². The molecule has 1 aromatic heterocycles. The Morgan fingerprint density at radius 2 is 2.08 bits per heavy atom. The smallest absolute Gasteiger partial charge is 0.266 e. The van der Waals surface area contributed by atoms with Gasteiger partial charge in [-0.3, -0.25) is 9.69 Å². The Morgan fingerprint density at radius 3 is 2.67 bits per heavy atom. The lowest BCUT2D eigenvalue weighted by Crippen LogP contribution is -2.28. The van der Waals surface area contributed by atoms with Gasteiger partial charge in [-0.1, -0.05) is 0 Å². The van der Waals surface area contributed by atoms with Crippen LogP contribution in [0.4, 0.5) is 5.69 Å². The quantitative estimate of drug-likeness (QED) is 0.640. The van der Waals surface area contributed by atoms with Crippen molar-refractivity contribution in [1.29, 1.82) is 0 Å². The van der Waals surface area contributed by atoms with Crippen molar-refractivity contribution >= 4 is 61.9 Å². The first-order valence-electron chi connectivity index (χ1n) is 7.29. The largest absolute Gasteiger partial charge is 0.497 e. The van der Waals surface area contributed by atoms with Crippen LogP contribution in [0, 0.1) is 0 Å². The number of likely N-dealkylation sites (N-methyl/N-ethyl adjacent to an activating group) is 1. The molecular formula is C17H15BrN2O2S2. The fourth-order valence-corrected chi connectivity index (χ4v) is 4.67. The first-order chi connectivity index (χ1) is 11.6. The summed E-state index contributed by atoms with van der Waals surface area (Å²) in [6.45, 7) is 2.54. The van der Waals surface area contributed by atoms with E-state index in [0.29, 0.717) is 16.6 Å². The van der Waals surface area contributed by atoms with Crippen LogP contribution in [-0.2, 0) is 4.79 Å². The van der Waals surface area contributed by atoms with Crippen molar-refractivity contribution < 1.29 is 9.53 Å². The van der Waals surface area contributed by atoms with E-state index in [-0.39, 0.29) is 5.91 Å². The molecule has 2 heterocycles. The van der Waals surface area contributed by atoms with Crippen LogP contribution in [-0.4, -0.2) is 29.6 Å². The number of hydrogen-bond donors (Lipinski definition) is 0. The third-order valence-corrected chi connectivity index (χ3v) is 6.01. The van der Waals surface area contributed by atoms with Gasteiger partial charge in [-0.05, 0) is 71.0 Å². The lowest BCUT2D eigenvalue weighted by molar-refractivity contribution is -0.122. The molecule has 2 aromatic rings. The SMILES string of the molecule is CCN1C(=O)/C(=C\c2cc(Br)cs2)SC1=Nc1ccc(OC)cc1. The van der Waals surface area contributed by atoms with Crippen LogP contribution < -0.4 is 4.74 Å². The molecule has 0 radical (unpaired) electrons. The first-order valence-corrected chi connectivity index (χ1v) is 9.78. The number of ether oxygens (including phenoxy) is 1. The molecule has 0 saturated carbocycles. The summed E-state index contributed by atoms with van der Waals surface area (Å²) in [4.78, 5) is 20.6. The fourth-order valence-electron chi connectivity index (χ4n) is 2.17. The third-order valence-electron chi connectivity index (χ3n) is 3.36. The van der Waals surface area contributed by atoms with Crippen molar-refractivity contribution in [1.82, 2.24) is 4.90 Å². The van der Waals surface area contributed by atoms with Gasteiger partial charge < -0.3 is 4.74 Å². The average molecular weight is 423 g/mol. The van der Waals surface area contributed by atoms with Gasteiger partial charge in [-0.15, -0.1) is 11.3 Å². The second-order valence-corrected chi connectivity index (χ2v) is 7.79. The molecule has 3 rings (SSSR count). The Morgan fingerprint density at radius 1 is 1.33 bits per heavy atom. The number of thiophene rings is 1. The second-order valence-electron chi connectivity index (χ2n) is 4.92. The standard InChI is InChI=1S/C17H15BrN2O2S2/c1-3-20-16(21)15(9-14-8-11(18)10-23-14)24-17(20)19-12-4-6-13(22-2)7-5-12/h4-10H,3H2,1-2H3/b15-9+,19-17?. The molecule has 1 aromatic carbocycles. The topological polar surface area (TPSA) is 41.9 Å². The molecule has 4 nitrogen and oxygen atoms in total. The van der Waals surface area contributed by atoms with Gasteiger partial charge in [0, 0.05) is 21.3 Å². The summed E-state index contributed by atoms with van der Waals surface area (Å²) >= 11 is 6.44. The maximum atomic E-state index is 12.6. The predicted molar refractivity (Wildman–Crippen MR) is 105 cm³/mol. The van der Waals surface area contributed by atoms with Crippen molar-refractivity contribution in [2.75, 3.05) is 13.7 Å². The Labute approximate surface area is 157 Å². The molecule has 0 unspecified atom stereocenters. The summed E-state index contributed by atoms with van der Waals surface area (Å²) in [7, 11) is 1.63. The molecule has 0 aliphatic carbocycles. The van der Waals surface area contributed by atoms with Crippen LogP contribution >= 0.6 is 39.0 Å². The highest BCUT2D eigenvalue weighted by atomic mass is 79.9. The number of thioether (sulfide) groups is 1. The van der Waals surface area contributed by atoms with E-state index in [1.54, 1.807) is 23.3 Å². The van der Waals surface area contributed by atoms with E-state index in [4.69, 9.17) is 4.74 Å². The molecule has 0 bridgehead atoms. The van der Waals surface area contributed by atoms with Crippen LogP contribution in [0.3, 0.4) is 0 Å². The molecule has 1 fully saturated rings. The van der Waals surface area contributed by atoms with Crippen LogP contribution in [0.15, 0.2) is 50.1 Å². The maximum absolute atomic E-state index is 12.6. The van der Waals surface area contributed by atoms with E-state index in [9.17, 15) is 4.79 Å². The van der Waals surface area contributed by atoms with Crippen LogP contribution in [0.1, 0.15) is 11.8 Å². The van der Waals surface area contributed by atoms with E-state index in [1.807, 2.05) is 48.7 Å². The molecule has 124 valence electrons. The molecule has 1 saturated heterocycles. The Hall–Kier alpha value is -1.57. The summed E-state index contributed by atoms with van der Waals surface area (Å²) in [5.74, 6) is 0.782. The minimum Gasteiger partial charge on any atom is -0.497 e. The number of aliphatic imine (C=N–C) groups is 1. The lowest BCUT2D eigenvalue weighted by Gasteiger charge is -2.12. The monoisotopic (exact) mass is 422 g/mol. The van der Waals surface area contributed by atoms with E-state index in [0.717, 1.165) is 20.8 Å². The highest BCUT2D eigenvalue weighted by Gasteiger charge is 2.32. The third kappa shape index (κ3) is 3.74. The minimum absolute atomic E-state index is 0.000663. The Bertz CT molecular complexity index is 812. The highest BCUT2D eigenvalue weighted by molar-refractivity contribution is 9.10. The van der Waals surface area contributed by atoms with Gasteiger partial charge in [-0.2, -0.15) is 0 Å². The highest BCUT2D eigenvalue weighted by Crippen LogP contribution is 2.35. The van der Waals surface area contributed by atoms with Gasteiger partial charge >= 0.3 is 0 Å². The normalized spacial score (nSPS) is 18.0. The molecule has 1 aliphatic heterocycles. The number of carbonyl (C=O) groups excluding carboxylic acids is 1. The predicted octanol–water partition coefficient (Wildman–Crippen LogP) is 5.14. The van der Waals surface area contributed by atoms with Crippen molar-refractivity contribution in [2.45, 2.75) is 6.92 Å². The zero-order chi connectivity index (χ0) is 17.1. The lowest BCUT2D eigenvalue weighted by atomic mass is 10.3. The number of amides is 1. The molecule has 0 spiro atoms. The Kier molecular flexibility index (Phi) is 5.43. The first kappa shape index (κ1) is 17.3. The van der Waals surface area contributed by atoms with Gasteiger partial charge in [0.25, 0.3) is 5.91 Å². The number of carbonyl (C=O) groups is 1. The number of benzene rings is 1. The summed E-state index contributed by atoms with van der Waals surface area (Å²) in [5.41, 5.74) is 0.796. The van der Waals surface area contributed by atoms with E-state index in [2.05, 4.69) is 20.9 Å². The molecule has 1 amide bonds. The molecular weight excluding hydrogens is 408 g/mol. The Balaban J connectivity index is 1.89. The second kappa shape index (κ2) is 7.55. The van der Waals surface area contributed by atoms with E-state index in [1.165, 1.54) is 11.8 Å². The molecule has 7 heteroatoms. The summed E-state index contributed by atoms with van der Waals surface area (Å²) in [5, 5.41) is 2.70. The zero-order valence-electron chi connectivity index (χ0n) is 13.2. The van der Waals surface area contributed by atoms with Crippen molar-refractivity contribution in [2.24, 2.45) is 4.99 Å². The molecule has 0 atom stereocenters. The van der Waals surface area contributed by atoms with Crippen molar-refractivity contribution in [3.63, 3.8) is 0 Å². The zero-order valence-corrected chi connectivity index (χ0v) is 16.4. The van der Waals surface area contributed by atoms with Gasteiger partial charge in [-0.25, -0.2) is 4.99 Å². The molecule has 1 aliphatic rings.